The maximum absolute atomic E-state index is 6.23. The van der Waals surface area contributed by atoms with Crippen LogP contribution in [0, 0.1) is 0 Å². The number of hydrogen-bond acceptors (Lipinski definition) is 6. The van der Waals surface area contributed by atoms with Gasteiger partial charge in [0.15, 0.2) is 5.65 Å². The van der Waals surface area contributed by atoms with Crippen molar-refractivity contribution in [3.8, 4) is 17.0 Å². The second kappa shape index (κ2) is 7.56. The lowest BCUT2D eigenvalue weighted by Gasteiger charge is -2.09. The van der Waals surface area contributed by atoms with Gasteiger partial charge in [-0.15, -0.1) is 0 Å². The summed E-state index contributed by atoms with van der Waals surface area (Å²) < 4.78 is 6.88. The number of fused-ring (bicyclic) bond motifs is 1. The molecule has 2 heterocycles. The molecule has 0 aliphatic rings. The molecule has 0 bridgehead atoms. The van der Waals surface area contributed by atoms with Crippen LogP contribution < -0.4 is 15.8 Å². The fourth-order valence-electron chi connectivity index (χ4n) is 3.12. The average Bonchev–Trinajstić information content (AvgIpc) is 3.02. The number of aromatic nitrogens is 4. The van der Waals surface area contributed by atoms with Gasteiger partial charge in [-0.3, -0.25) is 4.68 Å². The molecule has 28 heavy (non-hydrogen) atoms. The molecule has 3 N–H and O–H groups in total. The number of ether oxygens (including phenoxy) is 1. The lowest BCUT2D eigenvalue weighted by atomic mass is 10.1. The summed E-state index contributed by atoms with van der Waals surface area (Å²) in [4.78, 5) is 9.28. The standard InChI is InChI=1S/C21H22N6O/c1-27-19(22)17-18(15-8-10-16(28-2)11-9-15)24-21(25-20(17)26-27)23-13-12-14-6-4-3-5-7-14/h3-11H,12-13,22H2,1-2H3,(H,23,25,26). The van der Waals surface area contributed by atoms with Gasteiger partial charge in [0.25, 0.3) is 0 Å². The summed E-state index contributed by atoms with van der Waals surface area (Å²) >= 11 is 0. The topological polar surface area (TPSA) is 90.9 Å². The molecule has 0 aliphatic carbocycles. The second-order valence-corrected chi connectivity index (χ2v) is 6.49. The average molecular weight is 374 g/mol. The van der Waals surface area contributed by atoms with E-state index >= 15 is 0 Å². The number of rotatable bonds is 6. The predicted octanol–water partition coefficient (Wildman–Crippen LogP) is 3.28. The Morgan fingerprint density at radius 2 is 1.79 bits per heavy atom. The van der Waals surface area contributed by atoms with Gasteiger partial charge in [-0.25, -0.2) is 4.98 Å². The molecule has 0 aliphatic heterocycles. The van der Waals surface area contributed by atoms with Crippen molar-refractivity contribution in [2.24, 2.45) is 7.05 Å². The summed E-state index contributed by atoms with van der Waals surface area (Å²) in [5.74, 6) is 1.86. The zero-order valence-corrected chi connectivity index (χ0v) is 15.9. The van der Waals surface area contributed by atoms with Crippen LogP contribution in [0.25, 0.3) is 22.3 Å². The van der Waals surface area contributed by atoms with Gasteiger partial charge in [-0.2, -0.15) is 10.1 Å². The van der Waals surface area contributed by atoms with Gasteiger partial charge in [-0.1, -0.05) is 30.3 Å². The van der Waals surface area contributed by atoms with Crippen LogP contribution >= 0.6 is 0 Å². The summed E-state index contributed by atoms with van der Waals surface area (Å²) in [5, 5.41) is 8.50. The molecule has 7 nitrogen and oxygen atoms in total. The number of anilines is 2. The zero-order valence-electron chi connectivity index (χ0n) is 15.9. The van der Waals surface area contributed by atoms with E-state index in [-0.39, 0.29) is 0 Å². The minimum Gasteiger partial charge on any atom is -0.497 e. The lowest BCUT2D eigenvalue weighted by Crippen LogP contribution is -2.08. The predicted molar refractivity (Wildman–Crippen MR) is 111 cm³/mol. The molecule has 7 heteroatoms. The highest BCUT2D eigenvalue weighted by Crippen LogP contribution is 2.31. The first-order chi connectivity index (χ1) is 13.7. The first-order valence-corrected chi connectivity index (χ1v) is 9.08. The molecule has 4 rings (SSSR count). The largest absolute Gasteiger partial charge is 0.497 e. The van der Waals surface area contributed by atoms with E-state index in [0.717, 1.165) is 35.4 Å². The Bertz CT molecular complexity index is 1090. The van der Waals surface area contributed by atoms with Crippen molar-refractivity contribution in [3.63, 3.8) is 0 Å². The minimum atomic E-state index is 0.535. The van der Waals surface area contributed by atoms with E-state index in [1.54, 1.807) is 18.8 Å². The van der Waals surface area contributed by atoms with E-state index < -0.39 is 0 Å². The smallest absolute Gasteiger partial charge is 0.225 e. The molecular formula is C21H22N6O. The molecule has 0 amide bonds. The van der Waals surface area contributed by atoms with Crippen molar-refractivity contribution in [2.45, 2.75) is 6.42 Å². The fourth-order valence-corrected chi connectivity index (χ4v) is 3.12. The minimum absolute atomic E-state index is 0.535. The maximum Gasteiger partial charge on any atom is 0.225 e. The van der Waals surface area contributed by atoms with Crippen molar-refractivity contribution in [1.29, 1.82) is 0 Å². The highest BCUT2D eigenvalue weighted by atomic mass is 16.5. The van der Waals surface area contributed by atoms with Gasteiger partial charge < -0.3 is 15.8 Å². The Hall–Kier alpha value is -3.61. The SMILES string of the molecule is COc1ccc(-c2nc(NCCc3ccccc3)nc3nn(C)c(N)c23)cc1. The van der Waals surface area contributed by atoms with Gasteiger partial charge >= 0.3 is 0 Å². The van der Waals surface area contributed by atoms with Crippen molar-refractivity contribution in [2.75, 3.05) is 24.7 Å². The summed E-state index contributed by atoms with van der Waals surface area (Å²) in [5.41, 5.74) is 9.74. The Morgan fingerprint density at radius 1 is 1.04 bits per heavy atom. The third-order valence-corrected chi connectivity index (χ3v) is 4.64. The number of nitrogens with two attached hydrogens (primary N) is 1. The van der Waals surface area contributed by atoms with E-state index in [9.17, 15) is 0 Å². The molecule has 0 unspecified atom stereocenters. The number of aryl methyl sites for hydroxylation is 1. The highest BCUT2D eigenvalue weighted by Gasteiger charge is 2.17. The lowest BCUT2D eigenvalue weighted by molar-refractivity contribution is 0.415. The summed E-state index contributed by atoms with van der Waals surface area (Å²) in [6.07, 6.45) is 0.879. The van der Waals surface area contributed by atoms with E-state index in [1.807, 2.05) is 42.5 Å². The van der Waals surface area contributed by atoms with Crippen molar-refractivity contribution in [3.05, 3.63) is 60.2 Å². The highest BCUT2D eigenvalue weighted by molar-refractivity contribution is 5.98. The van der Waals surface area contributed by atoms with E-state index in [1.165, 1.54) is 5.56 Å². The quantitative estimate of drug-likeness (QED) is 0.538. The van der Waals surface area contributed by atoms with E-state index in [2.05, 4.69) is 27.5 Å². The number of benzene rings is 2. The van der Waals surface area contributed by atoms with E-state index in [4.69, 9.17) is 15.5 Å². The zero-order chi connectivity index (χ0) is 19.5. The third-order valence-electron chi connectivity index (χ3n) is 4.64. The number of nitrogen functional groups attached to an aromatic ring is 1. The van der Waals surface area contributed by atoms with Crippen LogP contribution in [-0.2, 0) is 13.5 Å². The Balaban J connectivity index is 1.68. The Morgan fingerprint density at radius 3 is 2.50 bits per heavy atom. The summed E-state index contributed by atoms with van der Waals surface area (Å²) in [6.45, 7) is 0.722. The van der Waals surface area contributed by atoms with Crippen LogP contribution in [0.1, 0.15) is 5.56 Å². The van der Waals surface area contributed by atoms with Gasteiger partial charge in [0.2, 0.25) is 5.95 Å². The molecule has 0 atom stereocenters. The fraction of sp³-hybridized carbons (Fsp3) is 0.190. The first kappa shape index (κ1) is 17.8. The number of nitrogens with zero attached hydrogens (tertiary/aromatic N) is 4. The molecule has 142 valence electrons. The van der Waals surface area contributed by atoms with Gasteiger partial charge in [0, 0.05) is 19.2 Å². The molecular weight excluding hydrogens is 352 g/mol. The Labute approximate surface area is 163 Å². The number of methoxy groups -OCH3 is 1. The molecule has 0 saturated carbocycles. The molecule has 0 spiro atoms. The third kappa shape index (κ3) is 3.46. The van der Waals surface area contributed by atoms with Gasteiger partial charge in [-0.05, 0) is 36.2 Å². The molecule has 2 aromatic heterocycles. The van der Waals surface area contributed by atoms with Gasteiger partial charge in [0.1, 0.15) is 11.6 Å². The summed E-state index contributed by atoms with van der Waals surface area (Å²) in [6, 6.07) is 18.0. The molecule has 0 fully saturated rings. The van der Waals surface area contributed by atoms with Crippen LogP contribution in [0.5, 0.6) is 5.75 Å². The molecule has 2 aromatic carbocycles. The number of hydrogen-bond donors (Lipinski definition) is 2. The summed E-state index contributed by atoms with van der Waals surface area (Å²) in [7, 11) is 3.45. The second-order valence-electron chi connectivity index (χ2n) is 6.49. The molecule has 0 radical (unpaired) electrons. The normalized spacial score (nSPS) is 10.9. The van der Waals surface area contributed by atoms with Crippen LogP contribution in [0.3, 0.4) is 0 Å². The van der Waals surface area contributed by atoms with Crippen molar-refractivity contribution in [1.82, 2.24) is 19.7 Å². The number of nitrogens with one attached hydrogen (secondary N) is 1. The Kier molecular flexibility index (Phi) is 4.80. The van der Waals surface area contributed by atoms with Crippen molar-refractivity contribution < 1.29 is 4.74 Å². The maximum atomic E-state index is 6.23. The van der Waals surface area contributed by atoms with E-state index in [0.29, 0.717) is 17.4 Å². The van der Waals surface area contributed by atoms with Crippen LogP contribution in [0.4, 0.5) is 11.8 Å². The van der Waals surface area contributed by atoms with Crippen LogP contribution in [0.2, 0.25) is 0 Å². The van der Waals surface area contributed by atoms with Crippen LogP contribution in [0.15, 0.2) is 54.6 Å². The molecule has 4 aromatic rings. The first-order valence-electron chi connectivity index (χ1n) is 9.08. The molecule has 0 saturated heterocycles. The van der Waals surface area contributed by atoms with Gasteiger partial charge in [0.05, 0.1) is 18.2 Å². The van der Waals surface area contributed by atoms with Crippen molar-refractivity contribution >= 4 is 22.8 Å². The van der Waals surface area contributed by atoms with Crippen LogP contribution in [-0.4, -0.2) is 33.4 Å². The monoisotopic (exact) mass is 374 g/mol.